The fraction of sp³-hybridized carbons (Fsp3) is 0.500. The van der Waals surface area contributed by atoms with Crippen LogP contribution in [-0.4, -0.2) is 16.6 Å². The van der Waals surface area contributed by atoms with E-state index in [0.717, 1.165) is 12.1 Å². The van der Waals surface area contributed by atoms with E-state index in [2.05, 4.69) is 102 Å². The molecule has 0 saturated carbocycles. The first-order chi connectivity index (χ1) is 13.0. The highest BCUT2D eigenvalue weighted by atomic mass is 28.4. The van der Waals surface area contributed by atoms with E-state index in [9.17, 15) is 0 Å². The first-order valence-corrected chi connectivity index (χ1v) is 16.8. The van der Waals surface area contributed by atoms with Gasteiger partial charge in [0.2, 0.25) is 16.6 Å². The summed E-state index contributed by atoms with van der Waals surface area (Å²) in [6, 6.07) is 19.5. The molecule has 0 saturated heterocycles. The predicted octanol–water partition coefficient (Wildman–Crippen LogP) is 7.16. The molecule has 0 atom stereocenters. The summed E-state index contributed by atoms with van der Waals surface area (Å²) in [5.41, 5.74) is 5.66. The van der Waals surface area contributed by atoms with Crippen LogP contribution in [0.15, 0.2) is 48.5 Å². The molecular formula is C24H38O2Si2. The largest absolute Gasteiger partial charge is 0.298 e. The minimum absolute atomic E-state index is 0.528. The molecule has 154 valence electrons. The average Bonchev–Trinajstić information content (AvgIpc) is 2.60. The maximum Gasteiger partial charge on any atom is 0.235 e. The highest BCUT2D eigenvalue weighted by Crippen LogP contribution is 2.26. The molecule has 0 spiro atoms. The Hall–Kier alpha value is -1.21. The molecule has 2 rings (SSSR count). The number of hydrogen-bond donors (Lipinski definition) is 0. The van der Waals surface area contributed by atoms with Gasteiger partial charge in [-0.2, -0.15) is 0 Å². The molecule has 0 amide bonds. The van der Waals surface area contributed by atoms with Crippen LogP contribution in [0.1, 0.15) is 61.8 Å². The van der Waals surface area contributed by atoms with Crippen LogP contribution in [0.4, 0.5) is 0 Å². The molecule has 0 heterocycles. The van der Waals surface area contributed by atoms with Gasteiger partial charge >= 0.3 is 0 Å². The molecule has 0 N–H and O–H groups in total. The van der Waals surface area contributed by atoms with Crippen molar-refractivity contribution in [1.29, 1.82) is 0 Å². The van der Waals surface area contributed by atoms with Gasteiger partial charge in [0, 0.05) is 0 Å². The Morgan fingerprint density at radius 1 is 0.607 bits per heavy atom. The van der Waals surface area contributed by atoms with E-state index in [1.165, 1.54) is 22.3 Å². The van der Waals surface area contributed by atoms with E-state index in [-0.39, 0.29) is 0 Å². The molecule has 2 aromatic carbocycles. The van der Waals surface area contributed by atoms with Crippen molar-refractivity contribution in [2.45, 2.75) is 77.8 Å². The molecule has 0 bridgehead atoms. The van der Waals surface area contributed by atoms with E-state index in [4.69, 9.17) is 9.15 Å². The van der Waals surface area contributed by atoms with Crippen molar-refractivity contribution in [3.63, 3.8) is 0 Å². The van der Waals surface area contributed by atoms with E-state index in [1.807, 2.05) is 0 Å². The van der Waals surface area contributed by atoms with Gasteiger partial charge in [-0.15, -0.1) is 0 Å². The lowest BCUT2D eigenvalue weighted by atomic mass is 9.98. The lowest BCUT2D eigenvalue weighted by Gasteiger charge is -2.30. The summed E-state index contributed by atoms with van der Waals surface area (Å²) in [6.07, 6.45) is 0. The molecule has 2 nitrogen and oxygen atoms in total. The van der Waals surface area contributed by atoms with Gasteiger partial charge in [0.15, 0.2) is 0 Å². The Labute approximate surface area is 174 Å². The molecule has 0 fully saturated rings. The van der Waals surface area contributed by atoms with Gasteiger partial charge in [-0.1, -0.05) is 76.2 Å². The standard InChI is InChI=1S/C24H38O2Si2/c1-19(2)23-15-11-9-13-21(23)17-27(5,6)25-26-28(7,8)18-22-14-10-12-16-24(22)20(3)4/h9-16,19-20H,17-18H2,1-8H3. The van der Waals surface area contributed by atoms with Crippen molar-refractivity contribution < 1.29 is 9.15 Å². The summed E-state index contributed by atoms with van der Waals surface area (Å²) in [4.78, 5) is 0. The van der Waals surface area contributed by atoms with Crippen LogP contribution in [0.2, 0.25) is 26.2 Å². The minimum Gasteiger partial charge on any atom is -0.298 e. The second-order valence-electron chi connectivity index (χ2n) is 9.75. The van der Waals surface area contributed by atoms with E-state index >= 15 is 0 Å². The highest BCUT2D eigenvalue weighted by Gasteiger charge is 2.32. The molecule has 0 unspecified atom stereocenters. The quantitative estimate of drug-likeness (QED) is 0.246. The Bertz CT molecular complexity index is 701. The fourth-order valence-electron chi connectivity index (χ4n) is 3.72. The van der Waals surface area contributed by atoms with Gasteiger partial charge < -0.3 is 0 Å². The van der Waals surface area contributed by atoms with Crippen LogP contribution in [-0.2, 0) is 21.2 Å². The second kappa shape index (κ2) is 9.53. The summed E-state index contributed by atoms with van der Waals surface area (Å²) >= 11 is 0. The minimum atomic E-state index is -1.97. The molecule has 0 aliphatic heterocycles. The third kappa shape index (κ3) is 6.69. The van der Waals surface area contributed by atoms with Crippen molar-refractivity contribution >= 4 is 16.6 Å². The van der Waals surface area contributed by atoms with E-state index in [1.54, 1.807) is 0 Å². The van der Waals surface area contributed by atoms with E-state index < -0.39 is 16.6 Å². The number of rotatable bonds is 9. The van der Waals surface area contributed by atoms with Gasteiger partial charge in [0.1, 0.15) is 0 Å². The van der Waals surface area contributed by atoms with Crippen LogP contribution in [0.5, 0.6) is 0 Å². The lowest BCUT2D eigenvalue weighted by Crippen LogP contribution is -2.42. The second-order valence-corrected chi connectivity index (χ2v) is 17.8. The Morgan fingerprint density at radius 3 is 1.25 bits per heavy atom. The monoisotopic (exact) mass is 414 g/mol. The van der Waals surface area contributed by atoms with Gasteiger partial charge in [0.05, 0.1) is 0 Å². The maximum absolute atomic E-state index is 6.21. The summed E-state index contributed by atoms with van der Waals surface area (Å²) < 4.78 is 12.4. The van der Waals surface area contributed by atoms with Crippen LogP contribution in [0.3, 0.4) is 0 Å². The third-order valence-corrected chi connectivity index (χ3v) is 8.78. The zero-order valence-electron chi connectivity index (χ0n) is 19.0. The Morgan fingerprint density at radius 2 is 0.929 bits per heavy atom. The van der Waals surface area contributed by atoms with Crippen LogP contribution in [0, 0.1) is 0 Å². The van der Waals surface area contributed by atoms with Crippen molar-refractivity contribution in [3.05, 3.63) is 70.8 Å². The first-order valence-electron chi connectivity index (χ1n) is 10.5. The number of benzene rings is 2. The van der Waals surface area contributed by atoms with Crippen molar-refractivity contribution in [3.8, 4) is 0 Å². The zero-order chi connectivity index (χ0) is 20.9. The molecule has 2 aromatic rings. The molecule has 0 aromatic heterocycles. The average molecular weight is 415 g/mol. The van der Waals surface area contributed by atoms with Gasteiger partial charge in [0.25, 0.3) is 0 Å². The van der Waals surface area contributed by atoms with Gasteiger partial charge in [-0.05, 0) is 72.4 Å². The third-order valence-electron chi connectivity index (χ3n) is 5.08. The fourth-order valence-corrected chi connectivity index (χ4v) is 8.12. The maximum atomic E-state index is 6.21. The number of hydrogen-bond acceptors (Lipinski definition) is 2. The predicted molar refractivity (Wildman–Crippen MR) is 126 cm³/mol. The van der Waals surface area contributed by atoms with Crippen LogP contribution in [0.25, 0.3) is 0 Å². The zero-order valence-corrected chi connectivity index (χ0v) is 21.0. The summed E-state index contributed by atoms with van der Waals surface area (Å²) in [5, 5.41) is 0. The van der Waals surface area contributed by atoms with Gasteiger partial charge in [-0.25, -0.2) is 0 Å². The molecule has 0 aliphatic carbocycles. The topological polar surface area (TPSA) is 18.5 Å². The Kier molecular flexibility index (Phi) is 7.85. The molecule has 28 heavy (non-hydrogen) atoms. The van der Waals surface area contributed by atoms with Gasteiger partial charge in [-0.3, -0.25) is 9.15 Å². The molecular weight excluding hydrogens is 376 g/mol. The summed E-state index contributed by atoms with van der Waals surface area (Å²) in [7, 11) is -3.94. The smallest absolute Gasteiger partial charge is 0.235 e. The van der Waals surface area contributed by atoms with Crippen LogP contribution < -0.4 is 0 Å². The normalized spacial score (nSPS) is 12.8. The Balaban J connectivity index is 2.05. The van der Waals surface area contributed by atoms with Crippen LogP contribution >= 0.6 is 0 Å². The van der Waals surface area contributed by atoms with Crippen molar-refractivity contribution in [2.75, 3.05) is 0 Å². The SMILES string of the molecule is CC(C)c1ccccc1C[Si](C)(C)OO[Si](C)(C)Cc1ccccc1C(C)C. The molecule has 0 radical (unpaired) electrons. The highest BCUT2D eigenvalue weighted by molar-refractivity contribution is 6.73. The van der Waals surface area contributed by atoms with Crippen molar-refractivity contribution in [1.82, 2.24) is 0 Å². The molecule has 4 heteroatoms. The van der Waals surface area contributed by atoms with E-state index in [0.29, 0.717) is 11.8 Å². The summed E-state index contributed by atoms with van der Waals surface area (Å²) in [5.74, 6) is 1.06. The first kappa shape index (κ1) is 23.1. The summed E-state index contributed by atoms with van der Waals surface area (Å²) in [6.45, 7) is 18.1. The van der Waals surface area contributed by atoms with Crippen molar-refractivity contribution in [2.24, 2.45) is 0 Å². The lowest BCUT2D eigenvalue weighted by molar-refractivity contribution is -0.126. The molecule has 0 aliphatic rings.